The number of halogens is 2. The van der Waals surface area contributed by atoms with Gasteiger partial charge in [0, 0.05) is 12.9 Å². The lowest BCUT2D eigenvalue weighted by atomic mass is 10.3. The average Bonchev–Trinajstić information content (AvgIpc) is 2.90. The largest absolute Gasteiger partial charge is 0.344 e. The van der Waals surface area contributed by atoms with Crippen molar-refractivity contribution in [1.82, 2.24) is 14.9 Å². The standard InChI is InChI=1S/C9H11Cl2N3O/c1-14-6(4-12-8(14)11)7(15)13-9(5-10)2-3-9/h4H,2-3,5H2,1H3,(H,13,15). The van der Waals surface area contributed by atoms with E-state index in [0.29, 0.717) is 16.9 Å². The van der Waals surface area contributed by atoms with Crippen molar-refractivity contribution in [3.8, 4) is 0 Å². The van der Waals surface area contributed by atoms with Gasteiger partial charge >= 0.3 is 0 Å². The van der Waals surface area contributed by atoms with E-state index >= 15 is 0 Å². The van der Waals surface area contributed by atoms with Crippen molar-refractivity contribution in [3.63, 3.8) is 0 Å². The lowest BCUT2D eigenvalue weighted by molar-refractivity contribution is 0.0928. The summed E-state index contributed by atoms with van der Waals surface area (Å²) in [5.74, 6) is 0.277. The van der Waals surface area contributed by atoms with E-state index in [1.807, 2.05) is 0 Å². The van der Waals surface area contributed by atoms with E-state index in [0.717, 1.165) is 12.8 Å². The molecule has 1 aliphatic rings. The normalized spacial score (nSPS) is 17.5. The minimum atomic E-state index is -0.199. The zero-order valence-corrected chi connectivity index (χ0v) is 9.77. The maximum Gasteiger partial charge on any atom is 0.270 e. The van der Waals surface area contributed by atoms with Gasteiger partial charge in [-0.25, -0.2) is 4.98 Å². The molecule has 0 saturated heterocycles. The number of aromatic nitrogens is 2. The summed E-state index contributed by atoms with van der Waals surface area (Å²) in [6, 6.07) is 0. The van der Waals surface area contributed by atoms with Crippen LogP contribution in [0.3, 0.4) is 0 Å². The number of hydrogen-bond acceptors (Lipinski definition) is 2. The fourth-order valence-electron chi connectivity index (χ4n) is 1.35. The molecule has 1 aliphatic carbocycles. The minimum absolute atomic E-state index is 0.171. The van der Waals surface area contributed by atoms with Crippen molar-refractivity contribution < 1.29 is 4.79 Å². The van der Waals surface area contributed by atoms with Crippen LogP contribution in [0.4, 0.5) is 0 Å². The van der Waals surface area contributed by atoms with E-state index in [1.165, 1.54) is 6.20 Å². The number of carbonyl (C=O) groups is 1. The van der Waals surface area contributed by atoms with Crippen LogP contribution in [0, 0.1) is 0 Å². The first-order valence-corrected chi connectivity index (χ1v) is 5.55. The van der Waals surface area contributed by atoms with Gasteiger partial charge in [-0.05, 0) is 24.4 Å². The number of alkyl halides is 1. The van der Waals surface area contributed by atoms with E-state index < -0.39 is 0 Å². The van der Waals surface area contributed by atoms with Crippen molar-refractivity contribution in [2.45, 2.75) is 18.4 Å². The van der Waals surface area contributed by atoms with Crippen molar-refractivity contribution in [3.05, 3.63) is 17.2 Å². The summed E-state index contributed by atoms with van der Waals surface area (Å²) in [6.45, 7) is 0. The first-order chi connectivity index (χ1) is 7.08. The van der Waals surface area contributed by atoms with Gasteiger partial charge in [0.25, 0.3) is 5.91 Å². The minimum Gasteiger partial charge on any atom is -0.344 e. The molecule has 1 N–H and O–H groups in total. The SMILES string of the molecule is Cn1c(C(=O)NC2(CCl)CC2)cnc1Cl. The Labute approximate surface area is 97.6 Å². The molecule has 1 heterocycles. The van der Waals surface area contributed by atoms with Crippen LogP contribution in [0.5, 0.6) is 0 Å². The van der Waals surface area contributed by atoms with Crippen LogP contribution in [0.25, 0.3) is 0 Å². The highest BCUT2D eigenvalue weighted by Crippen LogP contribution is 2.36. The Balaban J connectivity index is 2.12. The molecular weight excluding hydrogens is 237 g/mol. The summed E-state index contributed by atoms with van der Waals surface area (Å²) in [6.07, 6.45) is 3.34. The molecule has 1 amide bonds. The number of nitrogens with zero attached hydrogens (tertiary/aromatic N) is 2. The van der Waals surface area contributed by atoms with Gasteiger partial charge in [0.15, 0.2) is 0 Å². The Morgan fingerprint density at radius 2 is 2.40 bits per heavy atom. The van der Waals surface area contributed by atoms with Crippen molar-refractivity contribution in [2.75, 3.05) is 5.88 Å². The van der Waals surface area contributed by atoms with Crippen LogP contribution in [0.2, 0.25) is 5.28 Å². The van der Waals surface area contributed by atoms with Gasteiger partial charge < -0.3 is 9.88 Å². The predicted octanol–water partition coefficient (Wildman–Crippen LogP) is 1.57. The molecule has 4 nitrogen and oxygen atoms in total. The summed E-state index contributed by atoms with van der Waals surface area (Å²) in [4.78, 5) is 15.7. The number of amides is 1. The molecule has 0 bridgehead atoms. The third kappa shape index (κ3) is 1.96. The fourth-order valence-corrected chi connectivity index (χ4v) is 1.82. The molecule has 0 unspecified atom stereocenters. The summed E-state index contributed by atoms with van der Waals surface area (Å²) < 4.78 is 1.54. The highest BCUT2D eigenvalue weighted by Gasteiger charge is 2.43. The summed E-state index contributed by atoms with van der Waals surface area (Å²) in [7, 11) is 1.70. The molecule has 82 valence electrons. The van der Waals surface area contributed by atoms with Gasteiger partial charge in [-0.3, -0.25) is 4.79 Å². The van der Waals surface area contributed by atoms with Gasteiger partial charge in [0.2, 0.25) is 5.28 Å². The number of nitrogens with one attached hydrogen (secondary N) is 1. The van der Waals surface area contributed by atoms with Gasteiger partial charge in [-0.1, -0.05) is 0 Å². The van der Waals surface area contributed by atoms with Crippen LogP contribution in [-0.4, -0.2) is 26.9 Å². The number of rotatable bonds is 3. The Morgan fingerprint density at radius 1 is 1.73 bits per heavy atom. The topological polar surface area (TPSA) is 46.9 Å². The van der Waals surface area contributed by atoms with Crippen LogP contribution in [-0.2, 0) is 7.05 Å². The predicted molar refractivity (Wildman–Crippen MR) is 58.4 cm³/mol. The molecule has 0 spiro atoms. The molecule has 1 aromatic heterocycles. The molecule has 0 aromatic carbocycles. The first-order valence-electron chi connectivity index (χ1n) is 4.64. The van der Waals surface area contributed by atoms with Crippen molar-refractivity contribution >= 4 is 29.1 Å². The molecule has 0 radical (unpaired) electrons. The van der Waals surface area contributed by atoms with Gasteiger partial charge in [-0.2, -0.15) is 0 Å². The molecule has 6 heteroatoms. The van der Waals surface area contributed by atoms with Gasteiger partial charge in [0.1, 0.15) is 5.69 Å². The van der Waals surface area contributed by atoms with E-state index in [1.54, 1.807) is 11.6 Å². The molecule has 2 rings (SSSR count). The maximum absolute atomic E-state index is 11.8. The van der Waals surface area contributed by atoms with Crippen LogP contribution >= 0.6 is 23.2 Å². The smallest absolute Gasteiger partial charge is 0.270 e. The monoisotopic (exact) mass is 247 g/mol. The number of carbonyl (C=O) groups excluding carboxylic acids is 1. The van der Waals surface area contributed by atoms with E-state index in [-0.39, 0.29) is 11.4 Å². The zero-order valence-electron chi connectivity index (χ0n) is 8.26. The molecule has 0 atom stereocenters. The second kappa shape index (κ2) is 3.68. The second-order valence-corrected chi connectivity index (χ2v) is 4.44. The quantitative estimate of drug-likeness (QED) is 0.825. The van der Waals surface area contributed by atoms with Crippen LogP contribution < -0.4 is 5.32 Å². The molecule has 0 aliphatic heterocycles. The third-order valence-electron chi connectivity index (χ3n) is 2.65. The zero-order chi connectivity index (χ0) is 11.1. The second-order valence-electron chi connectivity index (χ2n) is 3.84. The van der Waals surface area contributed by atoms with Crippen LogP contribution in [0.15, 0.2) is 6.20 Å². The van der Waals surface area contributed by atoms with E-state index in [4.69, 9.17) is 23.2 Å². The molecular formula is C9H11Cl2N3O. The Morgan fingerprint density at radius 3 is 2.80 bits per heavy atom. The Hall–Kier alpha value is -0.740. The lowest BCUT2D eigenvalue weighted by Gasteiger charge is -2.13. The number of hydrogen-bond donors (Lipinski definition) is 1. The lowest BCUT2D eigenvalue weighted by Crippen LogP contribution is -2.39. The van der Waals surface area contributed by atoms with Gasteiger partial charge in [0.05, 0.1) is 11.7 Å². The third-order valence-corrected chi connectivity index (χ3v) is 3.51. The number of imidazole rings is 1. The summed E-state index contributed by atoms with van der Waals surface area (Å²) in [5.41, 5.74) is 0.256. The molecule has 15 heavy (non-hydrogen) atoms. The molecule has 1 aromatic rings. The van der Waals surface area contributed by atoms with Gasteiger partial charge in [-0.15, -0.1) is 11.6 Å². The highest BCUT2D eigenvalue weighted by atomic mass is 35.5. The van der Waals surface area contributed by atoms with Crippen molar-refractivity contribution in [2.24, 2.45) is 7.05 Å². The van der Waals surface area contributed by atoms with Crippen molar-refractivity contribution in [1.29, 1.82) is 0 Å². The van der Waals surface area contributed by atoms with Crippen LogP contribution in [0.1, 0.15) is 23.3 Å². The molecule has 1 fully saturated rings. The Kier molecular flexibility index (Phi) is 2.64. The highest BCUT2D eigenvalue weighted by molar-refractivity contribution is 6.28. The average molecular weight is 248 g/mol. The summed E-state index contributed by atoms with van der Waals surface area (Å²) in [5, 5.41) is 3.20. The fraction of sp³-hybridized carbons (Fsp3) is 0.556. The Bertz CT molecular complexity index is 398. The summed E-state index contributed by atoms with van der Waals surface area (Å²) >= 11 is 11.5. The molecule has 1 saturated carbocycles. The van der Waals surface area contributed by atoms with E-state index in [9.17, 15) is 4.79 Å². The first kappa shape index (κ1) is 10.8. The van der Waals surface area contributed by atoms with E-state index in [2.05, 4.69) is 10.3 Å². The maximum atomic E-state index is 11.8.